The van der Waals surface area contributed by atoms with Crippen molar-refractivity contribution < 1.29 is 0 Å². The van der Waals surface area contributed by atoms with Crippen molar-refractivity contribution in [3.8, 4) is 0 Å². The molecular formula is C19H22N6. The lowest BCUT2D eigenvalue weighted by atomic mass is 10.1. The van der Waals surface area contributed by atoms with Crippen LogP contribution in [0.25, 0.3) is 10.9 Å². The van der Waals surface area contributed by atoms with Gasteiger partial charge in [0, 0.05) is 37.3 Å². The summed E-state index contributed by atoms with van der Waals surface area (Å²) in [5, 5.41) is 4.37. The Kier molecular flexibility index (Phi) is 4.11. The molecule has 25 heavy (non-hydrogen) atoms. The molecule has 1 aromatic heterocycles. The maximum Gasteiger partial charge on any atom is 0.141 e. The number of nitrogen functional groups attached to an aromatic ring is 1. The highest BCUT2D eigenvalue weighted by molar-refractivity contribution is 5.96. The van der Waals surface area contributed by atoms with E-state index < -0.39 is 0 Å². The van der Waals surface area contributed by atoms with E-state index >= 15 is 0 Å². The summed E-state index contributed by atoms with van der Waals surface area (Å²) in [6, 6.07) is 14.1. The normalized spacial score (nSPS) is 15.5. The van der Waals surface area contributed by atoms with E-state index in [-0.39, 0.29) is 0 Å². The molecule has 6 heteroatoms. The fraction of sp³-hybridized carbons (Fsp3) is 0.263. The third kappa shape index (κ3) is 3.21. The van der Waals surface area contributed by atoms with Crippen molar-refractivity contribution in [2.45, 2.75) is 0 Å². The Balaban J connectivity index is 1.73. The van der Waals surface area contributed by atoms with E-state index in [1.807, 2.05) is 36.4 Å². The summed E-state index contributed by atoms with van der Waals surface area (Å²) in [6.45, 7) is 4.03. The molecule has 0 atom stereocenters. The molecule has 3 N–H and O–H groups in total. The number of aromatic nitrogens is 2. The zero-order valence-electron chi connectivity index (χ0n) is 14.3. The molecule has 1 aliphatic rings. The van der Waals surface area contributed by atoms with Gasteiger partial charge in [-0.05, 0) is 31.3 Å². The van der Waals surface area contributed by atoms with Crippen LogP contribution in [0.4, 0.5) is 22.9 Å². The Labute approximate surface area is 147 Å². The van der Waals surface area contributed by atoms with Crippen molar-refractivity contribution >= 4 is 33.8 Å². The number of likely N-dealkylation sites (N-methyl/N-ethyl adjacent to an activating group) is 1. The van der Waals surface area contributed by atoms with E-state index in [1.54, 1.807) is 6.33 Å². The topological polar surface area (TPSA) is 70.3 Å². The molecule has 6 nitrogen and oxygen atoms in total. The molecule has 1 saturated heterocycles. The first-order valence-electron chi connectivity index (χ1n) is 8.50. The van der Waals surface area contributed by atoms with E-state index in [0.29, 0.717) is 0 Å². The van der Waals surface area contributed by atoms with Gasteiger partial charge in [-0.25, -0.2) is 9.97 Å². The van der Waals surface area contributed by atoms with Crippen LogP contribution in [0, 0.1) is 0 Å². The standard InChI is InChI=1S/C19H22N6/c1-24-7-9-25(10-8-24)18-11-15-17(12-16(18)20)21-13-22-19(15)23-14-5-3-2-4-6-14/h2-6,11-13H,7-10,20H2,1H3,(H,21,22,23). The summed E-state index contributed by atoms with van der Waals surface area (Å²) in [6.07, 6.45) is 1.57. The number of benzene rings is 2. The van der Waals surface area contributed by atoms with Crippen LogP contribution in [-0.2, 0) is 0 Å². The van der Waals surface area contributed by atoms with E-state index in [1.165, 1.54) is 0 Å². The first kappa shape index (κ1) is 15.7. The molecule has 0 radical (unpaired) electrons. The summed E-state index contributed by atoms with van der Waals surface area (Å²) < 4.78 is 0. The van der Waals surface area contributed by atoms with Gasteiger partial charge < -0.3 is 20.9 Å². The Morgan fingerprint density at radius 3 is 2.52 bits per heavy atom. The van der Waals surface area contributed by atoms with Crippen LogP contribution in [0.2, 0.25) is 0 Å². The number of hydrogen-bond donors (Lipinski definition) is 2. The Morgan fingerprint density at radius 2 is 1.76 bits per heavy atom. The highest BCUT2D eigenvalue weighted by Crippen LogP contribution is 2.32. The minimum atomic E-state index is 0.765. The van der Waals surface area contributed by atoms with Gasteiger partial charge in [0.15, 0.2) is 0 Å². The minimum Gasteiger partial charge on any atom is -0.397 e. The fourth-order valence-electron chi connectivity index (χ4n) is 3.19. The van der Waals surface area contributed by atoms with Crippen LogP contribution in [0.1, 0.15) is 0 Å². The lowest BCUT2D eigenvalue weighted by Crippen LogP contribution is -2.44. The fourth-order valence-corrected chi connectivity index (χ4v) is 3.19. The number of hydrogen-bond acceptors (Lipinski definition) is 6. The molecule has 0 spiro atoms. The van der Waals surface area contributed by atoms with Gasteiger partial charge in [0.25, 0.3) is 0 Å². The third-order valence-corrected chi connectivity index (χ3v) is 4.66. The zero-order valence-corrected chi connectivity index (χ0v) is 14.3. The summed E-state index contributed by atoms with van der Waals surface area (Å²) in [4.78, 5) is 13.5. The van der Waals surface area contributed by atoms with E-state index in [9.17, 15) is 0 Å². The number of rotatable bonds is 3. The number of para-hydroxylation sites is 1. The minimum absolute atomic E-state index is 0.765. The van der Waals surface area contributed by atoms with Gasteiger partial charge in [-0.1, -0.05) is 18.2 Å². The quantitative estimate of drug-likeness (QED) is 0.718. The molecule has 0 bridgehead atoms. The number of nitrogens with two attached hydrogens (primary N) is 1. The molecular weight excluding hydrogens is 312 g/mol. The molecule has 0 aliphatic carbocycles. The second-order valence-corrected chi connectivity index (χ2v) is 6.43. The van der Waals surface area contributed by atoms with Crippen molar-refractivity contribution in [1.82, 2.24) is 14.9 Å². The van der Waals surface area contributed by atoms with Crippen molar-refractivity contribution in [3.05, 3.63) is 48.8 Å². The average molecular weight is 334 g/mol. The number of nitrogens with one attached hydrogen (secondary N) is 1. The van der Waals surface area contributed by atoms with Gasteiger partial charge in [-0.3, -0.25) is 0 Å². The monoisotopic (exact) mass is 334 g/mol. The van der Waals surface area contributed by atoms with E-state index in [4.69, 9.17) is 5.73 Å². The average Bonchev–Trinajstić information content (AvgIpc) is 2.63. The molecule has 0 saturated carbocycles. The highest BCUT2D eigenvalue weighted by Gasteiger charge is 2.18. The number of fused-ring (bicyclic) bond motifs is 1. The molecule has 0 amide bonds. The van der Waals surface area contributed by atoms with Crippen molar-refractivity contribution in [2.24, 2.45) is 0 Å². The van der Waals surface area contributed by atoms with Crippen LogP contribution in [0.5, 0.6) is 0 Å². The van der Waals surface area contributed by atoms with Gasteiger partial charge in [0.05, 0.1) is 16.9 Å². The zero-order chi connectivity index (χ0) is 17.2. The number of nitrogens with zero attached hydrogens (tertiary/aromatic N) is 4. The Bertz CT molecular complexity index is 872. The van der Waals surface area contributed by atoms with Gasteiger partial charge in [-0.15, -0.1) is 0 Å². The molecule has 2 aromatic carbocycles. The second kappa shape index (κ2) is 6.57. The van der Waals surface area contributed by atoms with Crippen LogP contribution in [0.3, 0.4) is 0 Å². The number of piperazine rings is 1. The summed E-state index contributed by atoms with van der Waals surface area (Å²) in [5.41, 5.74) is 10.00. The second-order valence-electron chi connectivity index (χ2n) is 6.43. The largest absolute Gasteiger partial charge is 0.397 e. The van der Waals surface area contributed by atoms with Gasteiger partial charge in [0.2, 0.25) is 0 Å². The molecule has 1 fully saturated rings. The van der Waals surface area contributed by atoms with Crippen molar-refractivity contribution in [3.63, 3.8) is 0 Å². The van der Waals surface area contributed by atoms with Crippen LogP contribution in [0.15, 0.2) is 48.8 Å². The molecule has 1 aliphatic heterocycles. The highest BCUT2D eigenvalue weighted by atomic mass is 15.3. The Morgan fingerprint density at radius 1 is 1.00 bits per heavy atom. The smallest absolute Gasteiger partial charge is 0.141 e. The predicted octanol–water partition coefficient (Wildman–Crippen LogP) is 2.71. The maximum absolute atomic E-state index is 6.32. The number of anilines is 4. The molecule has 2 heterocycles. The van der Waals surface area contributed by atoms with Crippen molar-refractivity contribution in [2.75, 3.05) is 49.2 Å². The van der Waals surface area contributed by atoms with E-state index in [2.05, 4.69) is 38.2 Å². The molecule has 0 unspecified atom stereocenters. The Hall–Kier alpha value is -2.86. The lowest BCUT2D eigenvalue weighted by molar-refractivity contribution is 0.313. The van der Waals surface area contributed by atoms with Crippen molar-refractivity contribution in [1.29, 1.82) is 0 Å². The first-order chi connectivity index (χ1) is 12.2. The van der Waals surface area contributed by atoms with Gasteiger partial charge >= 0.3 is 0 Å². The maximum atomic E-state index is 6.32. The molecule has 128 valence electrons. The summed E-state index contributed by atoms with van der Waals surface area (Å²) in [7, 11) is 2.15. The summed E-state index contributed by atoms with van der Waals surface area (Å²) >= 11 is 0. The first-order valence-corrected chi connectivity index (χ1v) is 8.50. The molecule has 3 aromatic rings. The SMILES string of the molecule is CN1CCN(c2cc3c(Nc4ccccc4)ncnc3cc2N)CC1. The van der Waals surface area contributed by atoms with Crippen LogP contribution >= 0.6 is 0 Å². The van der Waals surface area contributed by atoms with E-state index in [0.717, 1.165) is 60.0 Å². The third-order valence-electron chi connectivity index (χ3n) is 4.66. The van der Waals surface area contributed by atoms with Gasteiger partial charge in [-0.2, -0.15) is 0 Å². The molecule has 4 rings (SSSR count). The predicted molar refractivity (Wildman–Crippen MR) is 103 cm³/mol. The summed E-state index contributed by atoms with van der Waals surface area (Å²) in [5.74, 6) is 0.798. The van der Waals surface area contributed by atoms with Crippen LogP contribution in [-0.4, -0.2) is 48.1 Å². The lowest BCUT2D eigenvalue weighted by Gasteiger charge is -2.34. The van der Waals surface area contributed by atoms with Gasteiger partial charge in [0.1, 0.15) is 12.1 Å². The van der Waals surface area contributed by atoms with Crippen LogP contribution < -0.4 is 16.0 Å².